The molecular formula is C32H58NO6Si+. The summed E-state index contributed by atoms with van der Waals surface area (Å²) in [5, 5.41) is 0. The normalized spacial score (nSPS) is 20.0. The summed E-state index contributed by atoms with van der Waals surface area (Å²) in [6, 6.07) is 0.713. The van der Waals surface area contributed by atoms with Crippen molar-refractivity contribution in [3.63, 3.8) is 0 Å². The van der Waals surface area contributed by atoms with Crippen molar-refractivity contribution in [1.82, 2.24) is 0 Å². The maximum atomic E-state index is 6.12. The van der Waals surface area contributed by atoms with E-state index in [-0.39, 0.29) is 0 Å². The summed E-state index contributed by atoms with van der Waals surface area (Å²) < 4.78 is 35.0. The molecule has 0 spiro atoms. The number of unbranched alkanes of at least 4 members (excludes halogenated alkanes) is 15. The number of quaternary nitrogens is 1. The average molecular weight is 581 g/mol. The molecule has 7 nitrogen and oxygen atoms in total. The summed E-state index contributed by atoms with van der Waals surface area (Å²) >= 11 is 0. The Morgan fingerprint density at radius 3 is 1.23 bits per heavy atom. The molecule has 0 aliphatic carbocycles. The van der Waals surface area contributed by atoms with Gasteiger partial charge in [0.2, 0.25) is 0 Å². The third-order valence-corrected chi connectivity index (χ3v) is 10.3. The van der Waals surface area contributed by atoms with Gasteiger partial charge < -0.3 is 32.0 Å². The van der Waals surface area contributed by atoms with Crippen LogP contribution in [0, 0.1) is 0 Å². The average Bonchev–Trinajstić information content (AvgIpc) is 3.79. The second-order valence-electron chi connectivity index (χ2n) is 12.4. The lowest BCUT2D eigenvalue weighted by atomic mass is 10.0. The van der Waals surface area contributed by atoms with E-state index in [2.05, 4.69) is 21.0 Å². The van der Waals surface area contributed by atoms with Crippen molar-refractivity contribution < 1.29 is 32.0 Å². The molecule has 3 aliphatic rings. The second-order valence-corrected chi connectivity index (χ2v) is 15.0. The molecule has 0 aromatic carbocycles. The van der Waals surface area contributed by atoms with E-state index < -0.39 is 8.80 Å². The Labute approximate surface area is 245 Å². The lowest BCUT2D eigenvalue weighted by molar-refractivity contribution is -0.890. The van der Waals surface area contributed by atoms with E-state index in [4.69, 9.17) is 27.5 Å². The third-order valence-electron chi connectivity index (χ3n) is 7.91. The fourth-order valence-electron chi connectivity index (χ4n) is 4.98. The van der Waals surface area contributed by atoms with Gasteiger partial charge in [0.25, 0.3) is 0 Å². The van der Waals surface area contributed by atoms with Crippen LogP contribution in [0.2, 0.25) is 6.04 Å². The van der Waals surface area contributed by atoms with E-state index >= 15 is 0 Å². The fourth-order valence-corrected chi connectivity index (χ4v) is 7.02. The number of rotatable bonds is 27. The van der Waals surface area contributed by atoms with Crippen LogP contribution in [0.4, 0.5) is 0 Å². The molecule has 3 aliphatic heterocycles. The molecule has 0 atom stereocenters. The van der Waals surface area contributed by atoms with Gasteiger partial charge in [-0.1, -0.05) is 96.8 Å². The molecule has 230 valence electrons. The van der Waals surface area contributed by atoms with Gasteiger partial charge in [-0.2, -0.15) is 0 Å². The fraction of sp³-hybridized carbons (Fsp3) is 0.812. The standard InChI is InChI=1S/C32H58NO6Si/c1-4-5-6-7-8-9-10-11-12-13-14-15-16-17-18-19-21-33(2,3)22-20-23-40(37-27-30-24-34-30,38-28-31-25-35-31)39-29-32-26-36-32/h27-29H,4-26H2,1-3H3/q+1. The third kappa shape index (κ3) is 16.5. The van der Waals surface area contributed by atoms with Crippen molar-refractivity contribution in [2.75, 3.05) is 47.0 Å². The van der Waals surface area contributed by atoms with E-state index in [9.17, 15) is 0 Å². The molecule has 3 rings (SSSR count). The number of hydrogen-bond acceptors (Lipinski definition) is 6. The van der Waals surface area contributed by atoms with Gasteiger partial charge >= 0.3 is 8.80 Å². The van der Waals surface area contributed by atoms with Crippen molar-refractivity contribution in [2.45, 2.75) is 122 Å². The van der Waals surface area contributed by atoms with Crippen molar-refractivity contribution in [3.8, 4) is 0 Å². The van der Waals surface area contributed by atoms with Crippen LogP contribution in [0.3, 0.4) is 0 Å². The Bertz CT molecular complexity index is 718. The Balaban J connectivity index is 1.21. The van der Waals surface area contributed by atoms with Crippen molar-refractivity contribution in [1.29, 1.82) is 0 Å². The summed E-state index contributed by atoms with van der Waals surface area (Å²) in [4.78, 5) is 0. The Kier molecular flexibility index (Phi) is 15.2. The van der Waals surface area contributed by atoms with E-state index in [1.807, 2.05) is 0 Å². The van der Waals surface area contributed by atoms with Crippen molar-refractivity contribution in [3.05, 3.63) is 36.1 Å². The maximum Gasteiger partial charge on any atom is 0.698 e. The highest BCUT2D eigenvalue weighted by Gasteiger charge is 2.48. The zero-order valence-electron chi connectivity index (χ0n) is 25.9. The highest BCUT2D eigenvalue weighted by molar-refractivity contribution is 6.61. The molecule has 0 saturated carbocycles. The molecule has 0 amide bonds. The molecule has 3 heterocycles. The molecule has 0 bridgehead atoms. The maximum absolute atomic E-state index is 6.12. The number of hydrogen-bond donors (Lipinski definition) is 0. The zero-order chi connectivity index (χ0) is 28.4. The lowest BCUT2D eigenvalue weighted by Crippen LogP contribution is -2.45. The van der Waals surface area contributed by atoms with Gasteiger partial charge in [-0.15, -0.1) is 0 Å². The molecule has 0 N–H and O–H groups in total. The minimum absolute atomic E-state index is 0.613. The smallest absolute Gasteiger partial charge is 0.486 e. The first-order chi connectivity index (χ1) is 19.5. The summed E-state index contributed by atoms with van der Waals surface area (Å²) in [5.41, 5.74) is 0. The van der Waals surface area contributed by atoms with Gasteiger partial charge in [-0.05, 0) is 12.8 Å². The SMILES string of the molecule is CCCCCCCCCCCCCCCCCC[N+](C)(C)CCC[Si](OC=C1CO1)(OC=C1CO1)OC=C1CO1. The van der Waals surface area contributed by atoms with Crippen LogP contribution in [0.15, 0.2) is 36.1 Å². The minimum Gasteiger partial charge on any atom is -0.486 e. The summed E-state index contributed by atoms with van der Waals surface area (Å²) in [7, 11) is 1.64. The molecule has 0 aromatic rings. The number of epoxide rings is 3. The van der Waals surface area contributed by atoms with Crippen LogP contribution in [0.25, 0.3) is 0 Å². The molecular weight excluding hydrogens is 522 g/mol. The predicted molar refractivity (Wildman–Crippen MR) is 162 cm³/mol. The summed E-state index contributed by atoms with van der Waals surface area (Å²) in [5.74, 6) is 2.48. The summed E-state index contributed by atoms with van der Waals surface area (Å²) in [6.07, 6.45) is 28.4. The van der Waals surface area contributed by atoms with E-state index in [0.717, 1.165) is 34.7 Å². The van der Waals surface area contributed by atoms with Crippen LogP contribution in [-0.4, -0.2) is 60.3 Å². The molecule has 0 radical (unpaired) electrons. The Morgan fingerprint density at radius 2 is 0.875 bits per heavy atom. The van der Waals surface area contributed by atoms with Gasteiger partial charge in [-0.3, -0.25) is 0 Å². The zero-order valence-corrected chi connectivity index (χ0v) is 26.9. The van der Waals surface area contributed by atoms with E-state index in [1.165, 1.54) is 109 Å². The molecule has 0 aromatic heterocycles. The van der Waals surface area contributed by atoms with Crippen LogP contribution < -0.4 is 0 Å². The highest BCUT2D eigenvalue weighted by Crippen LogP contribution is 2.27. The van der Waals surface area contributed by atoms with Gasteiger partial charge in [0, 0.05) is 6.42 Å². The Morgan fingerprint density at radius 1 is 0.550 bits per heavy atom. The van der Waals surface area contributed by atoms with E-state index in [0.29, 0.717) is 25.9 Å². The van der Waals surface area contributed by atoms with Gasteiger partial charge in [0.15, 0.2) is 17.3 Å². The minimum atomic E-state index is -3.02. The lowest BCUT2D eigenvalue weighted by Gasteiger charge is -2.31. The summed E-state index contributed by atoms with van der Waals surface area (Å²) in [6.45, 7) is 6.38. The van der Waals surface area contributed by atoms with Crippen molar-refractivity contribution in [2.24, 2.45) is 0 Å². The largest absolute Gasteiger partial charge is 0.698 e. The van der Waals surface area contributed by atoms with Gasteiger partial charge in [0.05, 0.1) is 33.2 Å². The second kappa shape index (κ2) is 18.6. The molecule has 3 fully saturated rings. The van der Waals surface area contributed by atoms with Crippen molar-refractivity contribution >= 4 is 8.80 Å². The van der Waals surface area contributed by atoms with E-state index in [1.54, 1.807) is 18.8 Å². The molecule has 8 heteroatoms. The molecule has 0 unspecified atom stereocenters. The predicted octanol–water partition coefficient (Wildman–Crippen LogP) is 8.32. The highest BCUT2D eigenvalue weighted by atomic mass is 28.4. The van der Waals surface area contributed by atoms with Gasteiger partial charge in [-0.25, -0.2) is 0 Å². The van der Waals surface area contributed by atoms with Crippen LogP contribution in [0.1, 0.15) is 116 Å². The molecule has 3 saturated heterocycles. The quantitative estimate of drug-likeness (QED) is 0.0320. The first-order valence-corrected chi connectivity index (χ1v) is 18.2. The monoisotopic (exact) mass is 580 g/mol. The van der Waals surface area contributed by atoms with Crippen LogP contribution in [0.5, 0.6) is 0 Å². The number of nitrogens with zero attached hydrogens (tertiary/aromatic N) is 1. The molecule has 40 heavy (non-hydrogen) atoms. The topological polar surface area (TPSA) is 65.3 Å². The van der Waals surface area contributed by atoms with Crippen LogP contribution in [-0.2, 0) is 27.5 Å². The Hall–Kier alpha value is -1.80. The van der Waals surface area contributed by atoms with Gasteiger partial charge in [0.1, 0.15) is 38.6 Å². The number of ether oxygens (including phenoxy) is 3. The van der Waals surface area contributed by atoms with Crippen LogP contribution >= 0.6 is 0 Å². The first-order valence-electron chi connectivity index (χ1n) is 16.3. The first kappa shape index (κ1) is 32.7.